The Hall–Kier alpha value is -1.68. The molecule has 3 nitrogen and oxygen atoms in total. The third-order valence-corrected chi connectivity index (χ3v) is 3.16. The third-order valence-electron chi connectivity index (χ3n) is 2.39. The first-order chi connectivity index (χ1) is 7.66. The van der Waals surface area contributed by atoms with Gasteiger partial charge in [-0.25, -0.2) is 4.98 Å². The largest absolute Gasteiger partial charge is 0.320 e. The van der Waals surface area contributed by atoms with E-state index in [1.807, 2.05) is 32.0 Å². The van der Waals surface area contributed by atoms with Gasteiger partial charge in [0.25, 0.3) is 5.91 Å². The number of benzene rings is 1. The monoisotopic (exact) mass is 232 g/mol. The van der Waals surface area contributed by atoms with Crippen molar-refractivity contribution in [2.24, 2.45) is 0 Å². The minimum Gasteiger partial charge on any atom is -0.320 e. The molecule has 0 atom stereocenters. The fraction of sp³-hybridized carbons (Fsp3) is 0.167. The Morgan fingerprint density at radius 2 is 2.12 bits per heavy atom. The summed E-state index contributed by atoms with van der Waals surface area (Å²) in [6.07, 6.45) is 1.62. The van der Waals surface area contributed by atoms with Gasteiger partial charge < -0.3 is 5.32 Å². The molecule has 0 aliphatic rings. The number of amides is 1. The fourth-order valence-electron chi connectivity index (χ4n) is 1.34. The summed E-state index contributed by atoms with van der Waals surface area (Å²) in [5, 5.41) is 5.09. The number of carbonyl (C=O) groups excluding carboxylic acids is 1. The van der Waals surface area contributed by atoms with Crippen LogP contribution in [0.2, 0.25) is 0 Å². The normalized spacial score (nSPS) is 10.1. The first-order valence-corrected chi connectivity index (χ1v) is 5.83. The van der Waals surface area contributed by atoms with Gasteiger partial charge in [-0.15, -0.1) is 11.3 Å². The number of nitrogens with one attached hydrogen (secondary N) is 1. The van der Waals surface area contributed by atoms with Gasteiger partial charge in [-0.2, -0.15) is 0 Å². The molecule has 0 fully saturated rings. The average molecular weight is 232 g/mol. The van der Waals surface area contributed by atoms with Crippen molar-refractivity contribution >= 4 is 22.9 Å². The van der Waals surface area contributed by atoms with Gasteiger partial charge in [0.1, 0.15) is 0 Å². The van der Waals surface area contributed by atoms with E-state index in [-0.39, 0.29) is 5.91 Å². The molecular weight excluding hydrogens is 220 g/mol. The standard InChI is InChI=1S/C12H12N2OS/c1-8-3-4-10(7-9(8)2)14-11(15)12-13-5-6-16-12/h3-7H,1-2H3,(H,14,15). The van der Waals surface area contributed by atoms with Crippen molar-refractivity contribution < 1.29 is 4.79 Å². The molecule has 1 amide bonds. The molecule has 0 radical (unpaired) electrons. The lowest BCUT2D eigenvalue weighted by Crippen LogP contribution is -2.11. The molecule has 0 aliphatic heterocycles. The second-order valence-electron chi connectivity index (χ2n) is 3.59. The van der Waals surface area contributed by atoms with Crippen LogP contribution in [0, 0.1) is 13.8 Å². The molecule has 1 aromatic carbocycles. The zero-order valence-electron chi connectivity index (χ0n) is 9.15. The van der Waals surface area contributed by atoms with Crippen molar-refractivity contribution in [1.29, 1.82) is 0 Å². The number of rotatable bonds is 2. The van der Waals surface area contributed by atoms with Gasteiger partial charge in [0.15, 0.2) is 5.01 Å². The van der Waals surface area contributed by atoms with Crippen LogP contribution >= 0.6 is 11.3 Å². The highest BCUT2D eigenvalue weighted by atomic mass is 32.1. The number of aryl methyl sites for hydroxylation is 2. The van der Waals surface area contributed by atoms with Crippen molar-refractivity contribution in [3.05, 3.63) is 45.9 Å². The maximum absolute atomic E-state index is 11.7. The Kier molecular flexibility index (Phi) is 3.01. The predicted octanol–water partition coefficient (Wildman–Crippen LogP) is 3.01. The molecule has 16 heavy (non-hydrogen) atoms. The highest BCUT2D eigenvalue weighted by Crippen LogP contribution is 2.15. The van der Waals surface area contributed by atoms with Crippen LogP contribution in [0.15, 0.2) is 29.8 Å². The molecule has 0 saturated carbocycles. The van der Waals surface area contributed by atoms with Crippen LogP contribution in [0.1, 0.15) is 20.9 Å². The van der Waals surface area contributed by atoms with E-state index >= 15 is 0 Å². The SMILES string of the molecule is Cc1ccc(NC(=O)c2nccs2)cc1C. The van der Waals surface area contributed by atoms with Crippen molar-refractivity contribution in [3.8, 4) is 0 Å². The van der Waals surface area contributed by atoms with Gasteiger partial charge in [-0.3, -0.25) is 4.79 Å². The lowest BCUT2D eigenvalue weighted by atomic mass is 10.1. The van der Waals surface area contributed by atoms with Crippen LogP contribution in [0.5, 0.6) is 0 Å². The zero-order chi connectivity index (χ0) is 11.5. The second kappa shape index (κ2) is 4.45. The van der Waals surface area contributed by atoms with E-state index in [0.717, 1.165) is 11.3 Å². The van der Waals surface area contributed by atoms with Gasteiger partial charge >= 0.3 is 0 Å². The van der Waals surface area contributed by atoms with Crippen LogP contribution in [0.4, 0.5) is 5.69 Å². The Morgan fingerprint density at radius 1 is 1.31 bits per heavy atom. The smallest absolute Gasteiger partial charge is 0.284 e. The van der Waals surface area contributed by atoms with E-state index in [1.165, 1.54) is 16.9 Å². The number of carbonyl (C=O) groups is 1. The Bertz CT molecular complexity index is 506. The molecular formula is C12H12N2OS. The average Bonchev–Trinajstić information content (AvgIpc) is 2.77. The van der Waals surface area contributed by atoms with E-state index in [1.54, 1.807) is 11.6 Å². The summed E-state index contributed by atoms with van der Waals surface area (Å²) in [5.74, 6) is -0.154. The van der Waals surface area contributed by atoms with Crippen molar-refractivity contribution in [2.45, 2.75) is 13.8 Å². The molecule has 0 saturated heterocycles. The number of anilines is 1. The van der Waals surface area contributed by atoms with Gasteiger partial charge in [0.05, 0.1) is 0 Å². The molecule has 4 heteroatoms. The molecule has 1 heterocycles. The number of hydrogen-bond acceptors (Lipinski definition) is 3. The fourth-order valence-corrected chi connectivity index (χ4v) is 1.87. The van der Waals surface area contributed by atoms with E-state index < -0.39 is 0 Å². The molecule has 0 bridgehead atoms. The predicted molar refractivity (Wildman–Crippen MR) is 66.0 cm³/mol. The molecule has 2 aromatic rings. The molecule has 1 N–H and O–H groups in total. The third kappa shape index (κ3) is 2.28. The van der Waals surface area contributed by atoms with Gasteiger partial charge in [-0.05, 0) is 37.1 Å². The first kappa shape index (κ1) is 10.8. The summed E-state index contributed by atoms with van der Waals surface area (Å²) in [6, 6.07) is 5.85. The highest BCUT2D eigenvalue weighted by Gasteiger charge is 2.08. The van der Waals surface area contributed by atoms with E-state index in [2.05, 4.69) is 10.3 Å². The quantitative estimate of drug-likeness (QED) is 0.864. The molecule has 0 spiro atoms. The van der Waals surface area contributed by atoms with Gasteiger partial charge in [0.2, 0.25) is 0 Å². The van der Waals surface area contributed by atoms with Crippen LogP contribution in [-0.2, 0) is 0 Å². The summed E-state index contributed by atoms with van der Waals surface area (Å²) in [7, 11) is 0. The molecule has 2 rings (SSSR count). The van der Waals surface area contributed by atoms with E-state index in [4.69, 9.17) is 0 Å². The Morgan fingerprint density at radius 3 is 2.75 bits per heavy atom. The number of hydrogen-bond donors (Lipinski definition) is 1. The second-order valence-corrected chi connectivity index (χ2v) is 4.48. The summed E-state index contributed by atoms with van der Waals surface area (Å²) in [6.45, 7) is 4.07. The van der Waals surface area contributed by atoms with Gasteiger partial charge in [0, 0.05) is 17.3 Å². The van der Waals surface area contributed by atoms with Crippen LogP contribution < -0.4 is 5.32 Å². The summed E-state index contributed by atoms with van der Waals surface area (Å²) in [4.78, 5) is 15.7. The topological polar surface area (TPSA) is 42.0 Å². The van der Waals surface area contributed by atoms with Crippen molar-refractivity contribution in [3.63, 3.8) is 0 Å². The number of aromatic nitrogens is 1. The van der Waals surface area contributed by atoms with Gasteiger partial charge in [-0.1, -0.05) is 6.07 Å². The summed E-state index contributed by atoms with van der Waals surface area (Å²) >= 11 is 1.33. The molecule has 1 aromatic heterocycles. The van der Waals surface area contributed by atoms with Crippen molar-refractivity contribution in [1.82, 2.24) is 4.98 Å². The lowest BCUT2D eigenvalue weighted by molar-refractivity contribution is 0.102. The molecule has 0 unspecified atom stereocenters. The minimum atomic E-state index is -0.154. The number of thiazole rings is 1. The summed E-state index contributed by atoms with van der Waals surface area (Å²) in [5.41, 5.74) is 3.19. The van der Waals surface area contributed by atoms with E-state index in [0.29, 0.717) is 5.01 Å². The van der Waals surface area contributed by atoms with Crippen molar-refractivity contribution in [2.75, 3.05) is 5.32 Å². The Labute approximate surface area is 98.2 Å². The highest BCUT2D eigenvalue weighted by molar-refractivity contribution is 7.11. The Balaban J connectivity index is 2.15. The maximum atomic E-state index is 11.7. The van der Waals surface area contributed by atoms with Crippen LogP contribution in [0.25, 0.3) is 0 Å². The maximum Gasteiger partial charge on any atom is 0.284 e. The molecule has 82 valence electrons. The minimum absolute atomic E-state index is 0.154. The number of nitrogens with zero attached hydrogens (tertiary/aromatic N) is 1. The van der Waals surface area contributed by atoms with E-state index in [9.17, 15) is 4.79 Å². The summed E-state index contributed by atoms with van der Waals surface area (Å²) < 4.78 is 0. The van der Waals surface area contributed by atoms with Crippen LogP contribution in [0.3, 0.4) is 0 Å². The molecule has 0 aliphatic carbocycles. The first-order valence-electron chi connectivity index (χ1n) is 4.95. The zero-order valence-corrected chi connectivity index (χ0v) is 9.97. The lowest BCUT2D eigenvalue weighted by Gasteiger charge is -2.05. The van der Waals surface area contributed by atoms with Crippen LogP contribution in [-0.4, -0.2) is 10.9 Å².